The van der Waals surface area contributed by atoms with Crippen LogP contribution in [0.25, 0.3) is 0 Å². The van der Waals surface area contributed by atoms with Crippen molar-refractivity contribution in [3.05, 3.63) is 72.3 Å². The van der Waals surface area contributed by atoms with E-state index in [0.29, 0.717) is 6.42 Å². The number of hydrogen-bond donors (Lipinski definition) is 1. The maximum atomic E-state index is 12.1. The highest BCUT2D eigenvalue weighted by molar-refractivity contribution is 7.99. The summed E-state index contributed by atoms with van der Waals surface area (Å²) in [5.74, 6) is -0.822. The van der Waals surface area contributed by atoms with Crippen molar-refractivity contribution < 1.29 is 9.90 Å². The van der Waals surface area contributed by atoms with Gasteiger partial charge in [0.2, 0.25) is 0 Å². The van der Waals surface area contributed by atoms with E-state index < -0.39 is 11.4 Å². The first-order valence-corrected chi connectivity index (χ1v) is 7.23. The Balaban J connectivity index is 2.37. The van der Waals surface area contributed by atoms with Crippen LogP contribution in [0.3, 0.4) is 0 Å². The zero-order valence-corrected chi connectivity index (χ0v) is 11.7. The van der Waals surface area contributed by atoms with Gasteiger partial charge in [-0.1, -0.05) is 54.2 Å². The predicted octanol–water partition coefficient (Wildman–Crippen LogP) is 4.10. The maximum absolute atomic E-state index is 12.1. The minimum atomic E-state index is -1.03. The Morgan fingerprint density at radius 1 is 1.10 bits per heavy atom. The average molecular weight is 282 g/mol. The molecule has 0 aliphatic carbocycles. The van der Waals surface area contributed by atoms with Gasteiger partial charge in [-0.15, -0.1) is 6.58 Å². The van der Waals surface area contributed by atoms with Gasteiger partial charge >= 0.3 is 5.97 Å². The Morgan fingerprint density at radius 3 is 2.05 bits per heavy atom. The third-order valence-electron chi connectivity index (χ3n) is 3.73. The first kappa shape index (κ1) is 13.0. The minimum absolute atomic E-state index is 0.386. The van der Waals surface area contributed by atoms with Gasteiger partial charge in [0, 0.05) is 9.79 Å². The number of fused-ring (bicyclic) bond motifs is 2. The summed E-state index contributed by atoms with van der Waals surface area (Å²) in [6, 6.07) is 15.5. The van der Waals surface area contributed by atoms with Crippen molar-refractivity contribution in [1.82, 2.24) is 0 Å². The number of aliphatic carboxylic acids is 1. The van der Waals surface area contributed by atoms with Crippen LogP contribution in [-0.2, 0) is 10.2 Å². The molecule has 0 amide bonds. The third kappa shape index (κ3) is 1.70. The monoisotopic (exact) mass is 282 g/mol. The Kier molecular flexibility index (Phi) is 3.14. The second kappa shape index (κ2) is 4.84. The van der Waals surface area contributed by atoms with Crippen LogP contribution in [0.1, 0.15) is 17.5 Å². The topological polar surface area (TPSA) is 37.3 Å². The van der Waals surface area contributed by atoms with Gasteiger partial charge in [-0.05, 0) is 29.7 Å². The number of carboxylic acid groups (broad SMARTS) is 1. The van der Waals surface area contributed by atoms with Crippen molar-refractivity contribution in [3.63, 3.8) is 0 Å². The Bertz CT molecular complexity index is 645. The quantitative estimate of drug-likeness (QED) is 0.861. The minimum Gasteiger partial charge on any atom is -0.480 e. The molecule has 1 N–H and O–H groups in total. The SMILES string of the molecule is C=CCC1(C(=O)O)c2ccccc2Sc2ccccc21. The summed E-state index contributed by atoms with van der Waals surface area (Å²) in [4.78, 5) is 14.2. The second-order valence-electron chi connectivity index (χ2n) is 4.80. The molecule has 0 bridgehead atoms. The summed E-state index contributed by atoms with van der Waals surface area (Å²) < 4.78 is 0. The molecule has 0 unspecified atom stereocenters. The lowest BCUT2D eigenvalue weighted by atomic mass is 9.71. The summed E-state index contributed by atoms with van der Waals surface area (Å²) in [6.07, 6.45) is 2.08. The van der Waals surface area contributed by atoms with Gasteiger partial charge < -0.3 is 5.11 Å². The van der Waals surface area contributed by atoms with Crippen LogP contribution in [0, 0.1) is 0 Å². The van der Waals surface area contributed by atoms with E-state index >= 15 is 0 Å². The van der Waals surface area contributed by atoms with Crippen LogP contribution < -0.4 is 0 Å². The average Bonchev–Trinajstić information content (AvgIpc) is 2.46. The van der Waals surface area contributed by atoms with Crippen molar-refractivity contribution >= 4 is 17.7 Å². The second-order valence-corrected chi connectivity index (χ2v) is 5.88. The summed E-state index contributed by atoms with van der Waals surface area (Å²) in [6.45, 7) is 3.76. The molecule has 0 aromatic heterocycles. The number of carbonyl (C=O) groups is 1. The highest BCUT2D eigenvalue weighted by atomic mass is 32.2. The summed E-state index contributed by atoms with van der Waals surface area (Å²) >= 11 is 1.63. The third-order valence-corrected chi connectivity index (χ3v) is 4.88. The fourth-order valence-corrected chi connectivity index (χ4v) is 4.07. The summed E-state index contributed by atoms with van der Waals surface area (Å²) in [5.41, 5.74) is 0.687. The van der Waals surface area contributed by atoms with Gasteiger partial charge in [-0.3, -0.25) is 4.79 Å². The van der Waals surface area contributed by atoms with Gasteiger partial charge in [0.15, 0.2) is 0 Å². The molecule has 1 aliphatic rings. The number of rotatable bonds is 3. The molecule has 0 radical (unpaired) electrons. The Hall–Kier alpha value is -2.00. The number of hydrogen-bond acceptors (Lipinski definition) is 2. The van der Waals surface area contributed by atoms with Gasteiger partial charge in [0.1, 0.15) is 5.41 Å². The van der Waals surface area contributed by atoms with Gasteiger partial charge in [-0.25, -0.2) is 0 Å². The summed E-state index contributed by atoms with van der Waals surface area (Å²) in [7, 11) is 0. The molecule has 0 fully saturated rings. The van der Waals surface area contributed by atoms with E-state index in [9.17, 15) is 9.90 Å². The molecule has 0 spiro atoms. The molecule has 3 heteroatoms. The van der Waals surface area contributed by atoms with Crippen molar-refractivity contribution in [1.29, 1.82) is 0 Å². The lowest BCUT2D eigenvalue weighted by Gasteiger charge is -2.36. The van der Waals surface area contributed by atoms with Gasteiger partial charge in [0.05, 0.1) is 0 Å². The molecular formula is C17H14O2S. The smallest absolute Gasteiger partial charge is 0.319 e. The van der Waals surface area contributed by atoms with Crippen LogP contribution in [0.2, 0.25) is 0 Å². The van der Waals surface area contributed by atoms with Crippen LogP contribution in [-0.4, -0.2) is 11.1 Å². The lowest BCUT2D eigenvalue weighted by molar-refractivity contribution is -0.142. The molecule has 3 rings (SSSR count). The Labute approximate surface area is 122 Å². The summed E-state index contributed by atoms with van der Waals surface area (Å²) in [5, 5.41) is 9.96. The molecule has 2 nitrogen and oxygen atoms in total. The van der Waals surface area contributed by atoms with E-state index in [1.807, 2.05) is 48.5 Å². The fraction of sp³-hybridized carbons (Fsp3) is 0.118. The van der Waals surface area contributed by atoms with Crippen molar-refractivity contribution in [2.24, 2.45) is 0 Å². The highest BCUT2D eigenvalue weighted by Gasteiger charge is 2.46. The zero-order valence-electron chi connectivity index (χ0n) is 10.9. The fourth-order valence-electron chi connectivity index (χ4n) is 2.83. The molecule has 0 saturated heterocycles. The van der Waals surface area contributed by atoms with Crippen LogP contribution in [0.5, 0.6) is 0 Å². The molecule has 100 valence electrons. The van der Waals surface area contributed by atoms with Gasteiger partial charge in [-0.2, -0.15) is 0 Å². The van der Waals surface area contributed by atoms with E-state index in [1.165, 1.54) is 0 Å². The first-order chi connectivity index (χ1) is 9.70. The molecule has 1 heterocycles. The molecule has 1 aliphatic heterocycles. The van der Waals surface area contributed by atoms with Gasteiger partial charge in [0.25, 0.3) is 0 Å². The normalized spacial score (nSPS) is 15.0. The first-order valence-electron chi connectivity index (χ1n) is 6.41. The molecule has 2 aromatic rings. The van der Waals surface area contributed by atoms with E-state index in [2.05, 4.69) is 6.58 Å². The van der Waals surface area contributed by atoms with Crippen molar-refractivity contribution in [2.45, 2.75) is 21.6 Å². The van der Waals surface area contributed by atoms with Crippen LogP contribution >= 0.6 is 11.8 Å². The molecule has 2 aromatic carbocycles. The van der Waals surface area contributed by atoms with Crippen LogP contribution in [0.15, 0.2) is 71.0 Å². The maximum Gasteiger partial charge on any atom is 0.319 e. The van der Waals surface area contributed by atoms with Crippen molar-refractivity contribution in [3.8, 4) is 0 Å². The molecule has 0 saturated carbocycles. The standard InChI is InChI=1S/C17H14O2S/c1-2-11-17(16(18)19)12-7-3-5-9-14(12)20-15-10-6-4-8-13(15)17/h2-10H,1,11H2,(H,18,19). The molecule has 0 atom stereocenters. The Morgan fingerprint density at radius 2 is 1.60 bits per heavy atom. The predicted molar refractivity (Wildman–Crippen MR) is 80.2 cm³/mol. The zero-order chi connectivity index (χ0) is 14.2. The van der Waals surface area contributed by atoms with E-state index in [-0.39, 0.29) is 0 Å². The lowest BCUT2D eigenvalue weighted by Crippen LogP contribution is -2.39. The van der Waals surface area contributed by atoms with E-state index in [1.54, 1.807) is 17.8 Å². The van der Waals surface area contributed by atoms with E-state index in [4.69, 9.17) is 0 Å². The van der Waals surface area contributed by atoms with Crippen molar-refractivity contribution in [2.75, 3.05) is 0 Å². The number of carboxylic acids is 1. The molecular weight excluding hydrogens is 268 g/mol. The molecule has 20 heavy (non-hydrogen) atoms. The van der Waals surface area contributed by atoms with E-state index in [0.717, 1.165) is 20.9 Å². The number of benzene rings is 2. The highest BCUT2D eigenvalue weighted by Crippen LogP contribution is 2.51. The largest absolute Gasteiger partial charge is 0.480 e. The number of allylic oxidation sites excluding steroid dienone is 1. The van der Waals surface area contributed by atoms with Crippen LogP contribution in [0.4, 0.5) is 0 Å².